The SMILES string of the molecule is CCCc1nc(CSc2ccc(Br)cc2)nc2c1CNC2. The number of nitrogens with one attached hydrogen (secondary N) is 1. The predicted octanol–water partition coefficient (Wildman–Crippen LogP) is 4.09. The van der Waals surface area contributed by atoms with Crippen LogP contribution in [0, 0.1) is 0 Å². The van der Waals surface area contributed by atoms with Gasteiger partial charge in [-0.3, -0.25) is 0 Å². The maximum atomic E-state index is 4.79. The van der Waals surface area contributed by atoms with Crippen LogP contribution in [0.25, 0.3) is 0 Å². The zero-order chi connectivity index (χ0) is 14.7. The minimum atomic E-state index is 0.825. The molecule has 0 bridgehead atoms. The van der Waals surface area contributed by atoms with Crippen LogP contribution < -0.4 is 5.32 Å². The molecule has 1 aromatic carbocycles. The third-order valence-corrected chi connectivity index (χ3v) is 5.02. The molecule has 0 spiro atoms. The Morgan fingerprint density at radius 3 is 2.76 bits per heavy atom. The Morgan fingerprint density at radius 2 is 2.00 bits per heavy atom. The quantitative estimate of drug-likeness (QED) is 0.811. The van der Waals surface area contributed by atoms with Crippen LogP contribution in [-0.4, -0.2) is 9.97 Å². The summed E-state index contributed by atoms with van der Waals surface area (Å²) in [6.45, 7) is 4.00. The number of hydrogen-bond donors (Lipinski definition) is 1. The average Bonchev–Trinajstić information content (AvgIpc) is 2.96. The van der Waals surface area contributed by atoms with E-state index in [1.807, 2.05) is 0 Å². The van der Waals surface area contributed by atoms with E-state index in [4.69, 9.17) is 9.97 Å². The molecule has 21 heavy (non-hydrogen) atoms. The van der Waals surface area contributed by atoms with Gasteiger partial charge in [0.2, 0.25) is 0 Å². The number of halogens is 1. The molecule has 1 N–H and O–H groups in total. The predicted molar refractivity (Wildman–Crippen MR) is 90.3 cm³/mol. The van der Waals surface area contributed by atoms with Crippen molar-refractivity contribution in [1.29, 1.82) is 0 Å². The Morgan fingerprint density at radius 1 is 1.19 bits per heavy atom. The fraction of sp³-hybridized carbons (Fsp3) is 0.375. The summed E-state index contributed by atoms with van der Waals surface area (Å²) in [6, 6.07) is 8.38. The molecule has 110 valence electrons. The fourth-order valence-electron chi connectivity index (χ4n) is 2.48. The summed E-state index contributed by atoms with van der Waals surface area (Å²) in [5, 5.41) is 3.38. The Labute approximate surface area is 138 Å². The Balaban J connectivity index is 1.76. The van der Waals surface area contributed by atoms with E-state index in [-0.39, 0.29) is 0 Å². The van der Waals surface area contributed by atoms with Crippen LogP contribution in [0.4, 0.5) is 0 Å². The topological polar surface area (TPSA) is 37.8 Å². The summed E-state index contributed by atoms with van der Waals surface area (Å²) in [4.78, 5) is 10.8. The zero-order valence-corrected chi connectivity index (χ0v) is 14.4. The molecular weight excluding hydrogens is 346 g/mol. The van der Waals surface area contributed by atoms with Crippen LogP contribution in [0.3, 0.4) is 0 Å². The van der Waals surface area contributed by atoms with Gasteiger partial charge >= 0.3 is 0 Å². The average molecular weight is 364 g/mol. The Bertz CT molecular complexity index is 628. The van der Waals surface area contributed by atoms with Crippen molar-refractivity contribution in [2.75, 3.05) is 0 Å². The molecule has 0 radical (unpaired) electrons. The summed E-state index contributed by atoms with van der Waals surface area (Å²) in [5.74, 6) is 1.78. The summed E-state index contributed by atoms with van der Waals surface area (Å²) in [5.41, 5.74) is 3.76. The van der Waals surface area contributed by atoms with E-state index >= 15 is 0 Å². The van der Waals surface area contributed by atoms with Gasteiger partial charge in [0.1, 0.15) is 5.82 Å². The second-order valence-corrected chi connectivity index (χ2v) is 7.07. The van der Waals surface area contributed by atoms with Crippen molar-refractivity contribution in [3.8, 4) is 0 Å². The summed E-state index contributed by atoms with van der Waals surface area (Å²) in [6.07, 6.45) is 2.17. The standard InChI is InChI=1S/C16H18BrN3S/c1-2-3-14-13-8-18-9-15(13)20-16(19-14)10-21-12-6-4-11(17)5-7-12/h4-7,18H,2-3,8-10H2,1H3. The molecular formula is C16H18BrN3S. The monoisotopic (exact) mass is 363 g/mol. The third-order valence-electron chi connectivity index (χ3n) is 3.49. The van der Waals surface area contributed by atoms with Crippen LogP contribution in [-0.2, 0) is 25.3 Å². The third kappa shape index (κ3) is 3.65. The molecule has 1 aliphatic heterocycles. The lowest BCUT2D eigenvalue weighted by atomic mass is 10.1. The van der Waals surface area contributed by atoms with Crippen LogP contribution >= 0.6 is 27.7 Å². The molecule has 0 unspecified atom stereocenters. The first-order valence-corrected chi connectivity index (χ1v) is 9.00. The number of thioether (sulfide) groups is 1. The van der Waals surface area contributed by atoms with Gasteiger partial charge in [0.25, 0.3) is 0 Å². The van der Waals surface area contributed by atoms with E-state index in [0.29, 0.717) is 0 Å². The van der Waals surface area contributed by atoms with E-state index in [9.17, 15) is 0 Å². The van der Waals surface area contributed by atoms with Crippen molar-refractivity contribution in [2.45, 2.75) is 43.5 Å². The molecule has 3 rings (SSSR count). The highest BCUT2D eigenvalue weighted by molar-refractivity contribution is 9.10. The lowest BCUT2D eigenvalue weighted by Gasteiger charge is -2.09. The lowest BCUT2D eigenvalue weighted by Crippen LogP contribution is -2.05. The highest BCUT2D eigenvalue weighted by Gasteiger charge is 2.18. The van der Waals surface area contributed by atoms with Crippen LogP contribution in [0.2, 0.25) is 0 Å². The maximum Gasteiger partial charge on any atom is 0.139 e. The van der Waals surface area contributed by atoms with E-state index < -0.39 is 0 Å². The second-order valence-electron chi connectivity index (χ2n) is 5.11. The van der Waals surface area contributed by atoms with Gasteiger partial charge in [-0.25, -0.2) is 9.97 Å². The van der Waals surface area contributed by atoms with Crippen LogP contribution in [0.15, 0.2) is 33.6 Å². The second kappa shape index (κ2) is 6.90. The normalized spacial score (nSPS) is 13.4. The largest absolute Gasteiger partial charge is 0.307 e. The molecule has 0 aliphatic carbocycles. The molecule has 0 amide bonds. The number of aryl methyl sites for hydroxylation is 1. The zero-order valence-electron chi connectivity index (χ0n) is 12.0. The van der Waals surface area contributed by atoms with E-state index in [1.165, 1.54) is 21.8 Å². The van der Waals surface area contributed by atoms with Crippen molar-refractivity contribution in [2.24, 2.45) is 0 Å². The van der Waals surface area contributed by atoms with Gasteiger partial charge in [0.15, 0.2) is 0 Å². The van der Waals surface area contributed by atoms with Gasteiger partial charge in [-0.05, 0) is 30.7 Å². The molecule has 1 aliphatic rings. The Hall–Kier alpha value is -0.910. The van der Waals surface area contributed by atoms with Crippen molar-refractivity contribution in [3.05, 3.63) is 51.5 Å². The smallest absolute Gasteiger partial charge is 0.139 e. The molecule has 0 fully saturated rings. The molecule has 2 heterocycles. The van der Waals surface area contributed by atoms with E-state index in [2.05, 4.69) is 52.4 Å². The molecule has 0 atom stereocenters. The highest BCUT2D eigenvalue weighted by atomic mass is 79.9. The minimum Gasteiger partial charge on any atom is -0.307 e. The molecule has 3 nitrogen and oxygen atoms in total. The van der Waals surface area contributed by atoms with Gasteiger partial charge in [0, 0.05) is 33.7 Å². The van der Waals surface area contributed by atoms with E-state index in [0.717, 1.165) is 42.0 Å². The van der Waals surface area contributed by atoms with Crippen molar-refractivity contribution in [3.63, 3.8) is 0 Å². The summed E-state index contributed by atoms with van der Waals surface area (Å²) < 4.78 is 1.11. The number of nitrogens with zero attached hydrogens (tertiary/aromatic N) is 2. The van der Waals surface area contributed by atoms with E-state index in [1.54, 1.807) is 11.8 Å². The number of fused-ring (bicyclic) bond motifs is 1. The molecule has 1 aromatic heterocycles. The Kier molecular flexibility index (Phi) is 4.93. The first-order chi connectivity index (χ1) is 10.3. The minimum absolute atomic E-state index is 0.825. The summed E-state index contributed by atoms with van der Waals surface area (Å²) in [7, 11) is 0. The number of hydrogen-bond acceptors (Lipinski definition) is 4. The molecule has 2 aromatic rings. The van der Waals surface area contributed by atoms with Gasteiger partial charge in [-0.15, -0.1) is 11.8 Å². The van der Waals surface area contributed by atoms with Gasteiger partial charge in [-0.2, -0.15) is 0 Å². The van der Waals surface area contributed by atoms with Crippen LogP contribution in [0.1, 0.15) is 36.1 Å². The maximum absolute atomic E-state index is 4.79. The first kappa shape index (κ1) is 15.0. The van der Waals surface area contributed by atoms with Crippen molar-refractivity contribution >= 4 is 27.7 Å². The van der Waals surface area contributed by atoms with Crippen LogP contribution in [0.5, 0.6) is 0 Å². The highest BCUT2D eigenvalue weighted by Crippen LogP contribution is 2.25. The van der Waals surface area contributed by atoms with Gasteiger partial charge in [0.05, 0.1) is 11.4 Å². The fourth-order valence-corrected chi connectivity index (χ4v) is 3.50. The molecule has 0 saturated heterocycles. The number of rotatable bonds is 5. The van der Waals surface area contributed by atoms with Gasteiger partial charge in [-0.1, -0.05) is 29.3 Å². The summed E-state index contributed by atoms with van der Waals surface area (Å²) >= 11 is 5.25. The molecule has 5 heteroatoms. The van der Waals surface area contributed by atoms with Crippen molar-refractivity contribution in [1.82, 2.24) is 15.3 Å². The first-order valence-electron chi connectivity index (χ1n) is 7.23. The van der Waals surface area contributed by atoms with Gasteiger partial charge < -0.3 is 5.32 Å². The van der Waals surface area contributed by atoms with Crippen molar-refractivity contribution < 1.29 is 0 Å². The number of aromatic nitrogens is 2. The number of benzene rings is 1. The molecule has 0 saturated carbocycles. The lowest BCUT2D eigenvalue weighted by molar-refractivity contribution is 0.753.